The van der Waals surface area contributed by atoms with Gasteiger partial charge in [0.05, 0.1) is 11.6 Å². The summed E-state index contributed by atoms with van der Waals surface area (Å²) in [5.74, 6) is 1.84. The molecule has 3 nitrogen and oxygen atoms in total. The fourth-order valence-corrected chi connectivity index (χ4v) is 2.17. The van der Waals surface area contributed by atoms with E-state index in [9.17, 15) is 0 Å². The van der Waals surface area contributed by atoms with Crippen LogP contribution in [-0.2, 0) is 12.9 Å². The van der Waals surface area contributed by atoms with Crippen LogP contribution in [0.25, 0.3) is 0 Å². The summed E-state index contributed by atoms with van der Waals surface area (Å²) in [5, 5.41) is 4.96. The molecule has 1 heterocycles. The fraction of sp³-hybridized carbons (Fsp3) is 0.308. The van der Waals surface area contributed by atoms with E-state index < -0.39 is 0 Å². The number of hydrogen-bond donors (Lipinski definition) is 0. The van der Waals surface area contributed by atoms with Gasteiger partial charge in [-0.05, 0) is 32.0 Å². The summed E-state index contributed by atoms with van der Waals surface area (Å²) in [4.78, 5) is 0. The zero-order valence-corrected chi connectivity index (χ0v) is 12.0. The highest BCUT2D eigenvalue weighted by Gasteiger charge is 2.13. The zero-order chi connectivity index (χ0) is 13.3. The highest BCUT2D eigenvalue weighted by atomic mass is 35.5. The van der Waals surface area contributed by atoms with E-state index in [0.717, 1.165) is 22.7 Å². The highest BCUT2D eigenvalue weighted by Crippen LogP contribution is 2.32. The number of rotatable bonds is 3. The number of benzene rings is 1. The van der Waals surface area contributed by atoms with E-state index >= 15 is 0 Å². The van der Waals surface area contributed by atoms with Crippen molar-refractivity contribution in [3.05, 3.63) is 40.2 Å². The molecule has 0 fully saturated rings. The molecular weight excluding hydrogens is 271 g/mol. The van der Waals surface area contributed by atoms with Crippen LogP contribution < -0.4 is 4.74 Å². The first kappa shape index (κ1) is 13.2. The van der Waals surface area contributed by atoms with Crippen LogP contribution in [0.15, 0.2) is 18.2 Å². The smallest absolute Gasteiger partial charge is 0.171 e. The van der Waals surface area contributed by atoms with Crippen LogP contribution in [0.5, 0.6) is 11.5 Å². The summed E-state index contributed by atoms with van der Waals surface area (Å²) in [6, 6.07) is 5.42. The molecule has 0 saturated heterocycles. The number of nitrogens with zero attached hydrogens (tertiary/aromatic N) is 2. The van der Waals surface area contributed by atoms with Crippen LogP contribution in [0.2, 0.25) is 5.02 Å². The average molecular weight is 285 g/mol. The first-order valence-corrected chi connectivity index (χ1v) is 6.46. The van der Waals surface area contributed by atoms with Gasteiger partial charge in [0.15, 0.2) is 5.75 Å². The minimum Gasteiger partial charge on any atom is -0.453 e. The fourth-order valence-electron chi connectivity index (χ4n) is 1.76. The number of aryl methyl sites for hydroxylation is 2. The monoisotopic (exact) mass is 284 g/mol. The van der Waals surface area contributed by atoms with Crippen LogP contribution in [-0.4, -0.2) is 9.78 Å². The zero-order valence-electron chi connectivity index (χ0n) is 10.5. The molecule has 2 aromatic rings. The van der Waals surface area contributed by atoms with E-state index in [2.05, 4.69) is 5.10 Å². The average Bonchev–Trinajstić information content (AvgIpc) is 2.58. The quantitative estimate of drug-likeness (QED) is 0.789. The maximum absolute atomic E-state index is 5.93. The third-order valence-electron chi connectivity index (χ3n) is 2.82. The van der Waals surface area contributed by atoms with Gasteiger partial charge < -0.3 is 4.74 Å². The largest absolute Gasteiger partial charge is 0.453 e. The van der Waals surface area contributed by atoms with E-state index in [1.165, 1.54) is 0 Å². The summed E-state index contributed by atoms with van der Waals surface area (Å²) in [6.45, 7) is 3.88. The van der Waals surface area contributed by atoms with Gasteiger partial charge in [0, 0.05) is 17.6 Å². The summed E-state index contributed by atoms with van der Waals surface area (Å²) in [7, 11) is 1.89. The molecule has 0 N–H and O–H groups in total. The van der Waals surface area contributed by atoms with Gasteiger partial charge in [-0.15, -0.1) is 11.6 Å². The molecule has 0 aliphatic heterocycles. The van der Waals surface area contributed by atoms with Gasteiger partial charge in [-0.1, -0.05) is 11.6 Å². The normalized spacial score (nSPS) is 10.7. The van der Waals surface area contributed by atoms with Crippen molar-refractivity contribution in [1.82, 2.24) is 9.78 Å². The molecule has 18 heavy (non-hydrogen) atoms. The highest BCUT2D eigenvalue weighted by molar-refractivity contribution is 6.30. The Morgan fingerprint density at radius 1 is 1.33 bits per heavy atom. The predicted molar refractivity (Wildman–Crippen MR) is 73.8 cm³/mol. The Hall–Kier alpha value is -1.19. The number of hydrogen-bond acceptors (Lipinski definition) is 2. The Labute approximate surface area is 116 Å². The van der Waals surface area contributed by atoms with E-state index in [1.807, 2.05) is 33.0 Å². The van der Waals surface area contributed by atoms with Crippen LogP contribution >= 0.6 is 23.2 Å². The Bertz CT molecular complexity index is 579. The Morgan fingerprint density at radius 2 is 2.06 bits per heavy atom. The molecule has 0 unspecified atom stereocenters. The Morgan fingerprint density at radius 3 is 2.61 bits per heavy atom. The summed E-state index contributed by atoms with van der Waals surface area (Å²) >= 11 is 11.8. The second-order valence-corrected chi connectivity index (χ2v) is 4.81. The van der Waals surface area contributed by atoms with Crippen LogP contribution in [0, 0.1) is 13.8 Å². The first-order chi connectivity index (χ1) is 8.52. The van der Waals surface area contributed by atoms with Crippen LogP contribution in [0.3, 0.4) is 0 Å². The molecule has 0 aliphatic rings. The molecule has 96 valence electrons. The maximum atomic E-state index is 5.93. The molecule has 0 aliphatic carbocycles. The third kappa shape index (κ3) is 2.47. The number of aromatic nitrogens is 2. The van der Waals surface area contributed by atoms with Gasteiger partial charge in [-0.3, -0.25) is 4.68 Å². The van der Waals surface area contributed by atoms with E-state index in [0.29, 0.717) is 16.7 Å². The lowest BCUT2D eigenvalue weighted by atomic mass is 10.2. The van der Waals surface area contributed by atoms with Gasteiger partial charge >= 0.3 is 0 Å². The minimum atomic E-state index is 0.355. The van der Waals surface area contributed by atoms with Gasteiger partial charge in [0.1, 0.15) is 11.4 Å². The van der Waals surface area contributed by atoms with Gasteiger partial charge in [0.25, 0.3) is 0 Å². The summed E-state index contributed by atoms with van der Waals surface area (Å²) in [5.41, 5.74) is 2.69. The van der Waals surface area contributed by atoms with Crippen LogP contribution in [0.4, 0.5) is 0 Å². The molecule has 0 saturated carbocycles. The third-order valence-corrected chi connectivity index (χ3v) is 3.34. The molecular formula is C13H14Cl2N2O. The van der Waals surface area contributed by atoms with Crippen molar-refractivity contribution in [3.63, 3.8) is 0 Å². The van der Waals surface area contributed by atoms with Crippen molar-refractivity contribution in [2.45, 2.75) is 19.7 Å². The van der Waals surface area contributed by atoms with Gasteiger partial charge in [-0.25, -0.2) is 0 Å². The van der Waals surface area contributed by atoms with Crippen molar-refractivity contribution in [2.75, 3.05) is 0 Å². The molecule has 0 radical (unpaired) electrons. The lowest BCUT2D eigenvalue weighted by Gasteiger charge is -2.10. The molecule has 1 aromatic heterocycles. The SMILES string of the molecule is Cc1nn(C)c(C)c1Oc1ccc(Cl)cc1CCl. The molecule has 0 bridgehead atoms. The number of ether oxygens (including phenoxy) is 1. The molecule has 2 rings (SSSR count). The second-order valence-electron chi connectivity index (χ2n) is 4.11. The second kappa shape index (κ2) is 5.21. The van der Waals surface area contributed by atoms with Crippen molar-refractivity contribution < 1.29 is 4.74 Å². The number of alkyl halides is 1. The van der Waals surface area contributed by atoms with Crippen molar-refractivity contribution >= 4 is 23.2 Å². The summed E-state index contributed by atoms with van der Waals surface area (Å²) in [6.07, 6.45) is 0. The molecule has 5 heteroatoms. The van der Waals surface area contributed by atoms with Gasteiger partial charge in [0.2, 0.25) is 0 Å². The van der Waals surface area contributed by atoms with E-state index in [1.54, 1.807) is 10.7 Å². The molecule has 0 atom stereocenters. The lowest BCUT2D eigenvalue weighted by molar-refractivity contribution is 0.470. The lowest BCUT2D eigenvalue weighted by Crippen LogP contribution is -1.94. The predicted octanol–water partition coefficient (Wildman–Crippen LogP) is 4.22. The first-order valence-electron chi connectivity index (χ1n) is 5.55. The molecule has 1 aromatic carbocycles. The molecule has 0 amide bonds. The summed E-state index contributed by atoms with van der Waals surface area (Å²) < 4.78 is 7.70. The van der Waals surface area contributed by atoms with Crippen LogP contribution in [0.1, 0.15) is 17.0 Å². The minimum absolute atomic E-state index is 0.355. The van der Waals surface area contributed by atoms with Crippen molar-refractivity contribution in [1.29, 1.82) is 0 Å². The Kier molecular flexibility index (Phi) is 3.83. The van der Waals surface area contributed by atoms with Gasteiger partial charge in [-0.2, -0.15) is 5.10 Å². The molecule has 0 spiro atoms. The van der Waals surface area contributed by atoms with E-state index in [-0.39, 0.29) is 0 Å². The standard InChI is InChI=1S/C13H14Cl2N2O/c1-8-13(9(2)17(3)16-8)18-12-5-4-11(15)6-10(12)7-14/h4-6H,7H2,1-3H3. The Balaban J connectivity index is 2.39. The van der Waals surface area contributed by atoms with E-state index in [4.69, 9.17) is 27.9 Å². The topological polar surface area (TPSA) is 27.1 Å². The maximum Gasteiger partial charge on any atom is 0.171 e. The van der Waals surface area contributed by atoms with Crippen molar-refractivity contribution in [2.24, 2.45) is 7.05 Å². The van der Waals surface area contributed by atoms with Crippen molar-refractivity contribution in [3.8, 4) is 11.5 Å². The number of halogens is 2.